The lowest BCUT2D eigenvalue weighted by atomic mass is 9.85. The highest BCUT2D eigenvalue weighted by atomic mass is 16.3. The van der Waals surface area contributed by atoms with Gasteiger partial charge in [0.2, 0.25) is 0 Å². The molecule has 0 amide bonds. The lowest BCUT2D eigenvalue weighted by Gasteiger charge is -2.29. The number of aliphatic hydroxyl groups excluding tert-OH is 1. The Bertz CT molecular complexity index is 139. The molecule has 0 aliphatic carbocycles. The van der Waals surface area contributed by atoms with Crippen LogP contribution in [0, 0.1) is 11.8 Å². The van der Waals surface area contributed by atoms with E-state index < -0.39 is 0 Å². The summed E-state index contributed by atoms with van der Waals surface area (Å²) < 4.78 is 0. The predicted molar refractivity (Wildman–Crippen MR) is 60.3 cm³/mol. The molecule has 0 aromatic rings. The van der Waals surface area contributed by atoms with E-state index in [0.29, 0.717) is 5.92 Å². The smallest absolute Gasteiger partial charge is 0.0572 e. The Balaban J connectivity index is 2.27. The van der Waals surface area contributed by atoms with Crippen LogP contribution < -0.4 is 5.32 Å². The average Bonchev–Trinajstić information content (AvgIpc) is 2.26. The molecular weight excluding hydrogens is 174 g/mol. The molecule has 1 atom stereocenters. The summed E-state index contributed by atoms with van der Waals surface area (Å²) in [6.07, 6.45) is 5.68. The normalized spacial score (nSPS) is 21.4. The van der Waals surface area contributed by atoms with Gasteiger partial charge in [0.05, 0.1) is 6.10 Å². The summed E-state index contributed by atoms with van der Waals surface area (Å²) in [7, 11) is 0. The van der Waals surface area contributed by atoms with Gasteiger partial charge in [0.15, 0.2) is 0 Å². The Morgan fingerprint density at radius 2 is 1.79 bits per heavy atom. The second-order valence-corrected chi connectivity index (χ2v) is 4.57. The van der Waals surface area contributed by atoms with Crippen molar-refractivity contribution in [2.75, 3.05) is 13.1 Å². The maximum Gasteiger partial charge on any atom is 0.0572 e. The van der Waals surface area contributed by atoms with E-state index in [9.17, 15) is 5.11 Å². The van der Waals surface area contributed by atoms with Crippen LogP contribution in [0.2, 0.25) is 0 Å². The first-order valence-electron chi connectivity index (χ1n) is 6.16. The number of nitrogens with one attached hydrogen (secondary N) is 1. The summed E-state index contributed by atoms with van der Waals surface area (Å²) in [5, 5.41) is 13.4. The van der Waals surface area contributed by atoms with E-state index in [2.05, 4.69) is 19.2 Å². The molecule has 1 aliphatic rings. The molecule has 0 aromatic carbocycles. The molecule has 0 radical (unpaired) electrons. The number of hydrogen-bond donors (Lipinski definition) is 2. The van der Waals surface area contributed by atoms with Crippen molar-refractivity contribution in [1.82, 2.24) is 5.32 Å². The van der Waals surface area contributed by atoms with Gasteiger partial charge in [-0.15, -0.1) is 0 Å². The minimum atomic E-state index is -0.0537. The molecule has 1 saturated heterocycles. The minimum Gasteiger partial charge on any atom is -0.393 e. The Labute approximate surface area is 88.1 Å². The molecule has 1 unspecified atom stereocenters. The van der Waals surface area contributed by atoms with Gasteiger partial charge in [-0.3, -0.25) is 0 Å². The van der Waals surface area contributed by atoms with Crippen molar-refractivity contribution in [1.29, 1.82) is 0 Å². The van der Waals surface area contributed by atoms with Gasteiger partial charge in [0, 0.05) is 0 Å². The maximum atomic E-state index is 10.1. The van der Waals surface area contributed by atoms with Crippen LogP contribution in [0.1, 0.15) is 46.0 Å². The van der Waals surface area contributed by atoms with E-state index in [4.69, 9.17) is 0 Å². The molecule has 1 rings (SSSR count). The van der Waals surface area contributed by atoms with Gasteiger partial charge in [-0.1, -0.05) is 26.7 Å². The molecule has 2 nitrogen and oxygen atoms in total. The van der Waals surface area contributed by atoms with Gasteiger partial charge in [-0.05, 0) is 44.2 Å². The van der Waals surface area contributed by atoms with E-state index in [0.717, 1.165) is 38.3 Å². The molecule has 0 saturated carbocycles. The summed E-state index contributed by atoms with van der Waals surface area (Å²) >= 11 is 0. The van der Waals surface area contributed by atoms with Gasteiger partial charge >= 0.3 is 0 Å². The number of rotatable bonds is 5. The summed E-state index contributed by atoms with van der Waals surface area (Å²) in [6.45, 7) is 6.63. The predicted octanol–water partition coefficient (Wildman–Crippen LogP) is 2.17. The molecule has 2 N–H and O–H groups in total. The highest BCUT2D eigenvalue weighted by Crippen LogP contribution is 2.24. The summed E-state index contributed by atoms with van der Waals surface area (Å²) in [6, 6.07) is 0. The van der Waals surface area contributed by atoms with Crippen LogP contribution in [0.3, 0.4) is 0 Å². The van der Waals surface area contributed by atoms with Crippen molar-refractivity contribution in [2.45, 2.75) is 52.1 Å². The third-order valence-corrected chi connectivity index (χ3v) is 3.66. The van der Waals surface area contributed by atoms with Gasteiger partial charge in [-0.2, -0.15) is 0 Å². The molecule has 2 heteroatoms. The van der Waals surface area contributed by atoms with Gasteiger partial charge in [0.25, 0.3) is 0 Å². The fourth-order valence-corrected chi connectivity index (χ4v) is 2.39. The second-order valence-electron chi connectivity index (χ2n) is 4.57. The lowest BCUT2D eigenvalue weighted by Crippen LogP contribution is -2.34. The third kappa shape index (κ3) is 3.58. The number of aliphatic hydroxyl groups is 1. The topological polar surface area (TPSA) is 32.3 Å². The zero-order chi connectivity index (χ0) is 10.4. The summed E-state index contributed by atoms with van der Waals surface area (Å²) in [4.78, 5) is 0. The van der Waals surface area contributed by atoms with E-state index in [1.54, 1.807) is 0 Å². The Kier molecular flexibility index (Phi) is 5.49. The monoisotopic (exact) mass is 199 g/mol. The van der Waals surface area contributed by atoms with Crippen molar-refractivity contribution < 1.29 is 5.11 Å². The number of hydrogen-bond acceptors (Lipinski definition) is 2. The quantitative estimate of drug-likeness (QED) is 0.711. The van der Waals surface area contributed by atoms with Crippen molar-refractivity contribution in [3.05, 3.63) is 0 Å². The summed E-state index contributed by atoms with van der Waals surface area (Å²) in [5.74, 6) is 1.27. The van der Waals surface area contributed by atoms with Crippen molar-refractivity contribution in [2.24, 2.45) is 11.8 Å². The van der Waals surface area contributed by atoms with Crippen LogP contribution in [0.25, 0.3) is 0 Å². The van der Waals surface area contributed by atoms with Crippen LogP contribution in [-0.2, 0) is 0 Å². The Morgan fingerprint density at radius 3 is 2.29 bits per heavy atom. The highest BCUT2D eigenvalue weighted by Gasteiger charge is 2.23. The molecule has 0 bridgehead atoms. The zero-order valence-corrected chi connectivity index (χ0v) is 9.63. The first-order chi connectivity index (χ1) is 6.77. The van der Waals surface area contributed by atoms with E-state index in [1.165, 1.54) is 12.8 Å². The average molecular weight is 199 g/mol. The minimum absolute atomic E-state index is 0.0537. The molecule has 14 heavy (non-hydrogen) atoms. The van der Waals surface area contributed by atoms with E-state index in [-0.39, 0.29) is 6.10 Å². The standard InChI is InChI=1S/C12H25NO/c1-3-10(4-2)9-12(14)11-5-7-13-8-6-11/h10-14H,3-9H2,1-2H3. The molecule has 0 aromatic heterocycles. The first-order valence-corrected chi connectivity index (χ1v) is 6.16. The fraction of sp³-hybridized carbons (Fsp3) is 1.00. The highest BCUT2D eigenvalue weighted by molar-refractivity contribution is 4.76. The Morgan fingerprint density at radius 1 is 1.21 bits per heavy atom. The molecule has 1 fully saturated rings. The van der Waals surface area contributed by atoms with Gasteiger partial charge in [-0.25, -0.2) is 0 Å². The lowest BCUT2D eigenvalue weighted by molar-refractivity contribution is 0.0643. The van der Waals surface area contributed by atoms with Gasteiger partial charge in [0.1, 0.15) is 0 Å². The number of piperidine rings is 1. The second kappa shape index (κ2) is 6.41. The van der Waals surface area contributed by atoms with Crippen molar-refractivity contribution >= 4 is 0 Å². The fourth-order valence-electron chi connectivity index (χ4n) is 2.39. The molecule has 84 valence electrons. The van der Waals surface area contributed by atoms with Crippen LogP contribution in [-0.4, -0.2) is 24.3 Å². The van der Waals surface area contributed by atoms with Crippen LogP contribution in [0.15, 0.2) is 0 Å². The van der Waals surface area contributed by atoms with E-state index in [1.807, 2.05) is 0 Å². The largest absolute Gasteiger partial charge is 0.393 e. The third-order valence-electron chi connectivity index (χ3n) is 3.66. The van der Waals surface area contributed by atoms with Crippen LogP contribution >= 0.6 is 0 Å². The molecular formula is C12H25NO. The van der Waals surface area contributed by atoms with Crippen LogP contribution in [0.5, 0.6) is 0 Å². The molecule has 1 aliphatic heterocycles. The molecule has 0 spiro atoms. The Hall–Kier alpha value is -0.0800. The first kappa shape index (κ1) is 12.0. The van der Waals surface area contributed by atoms with Gasteiger partial charge < -0.3 is 10.4 Å². The zero-order valence-electron chi connectivity index (χ0n) is 9.63. The maximum absolute atomic E-state index is 10.1. The van der Waals surface area contributed by atoms with Crippen LogP contribution in [0.4, 0.5) is 0 Å². The van der Waals surface area contributed by atoms with Crippen molar-refractivity contribution in [3.8, 4) is 0 Å². The van der Waals surface area contributed by atoms with E-state index >= 15 is 0 Å². The summed E-state index contributed by atoms with van der Waals surface area (Å²) in [5.41, 5.74) is 0. The van der Waals surface area contributed by atoms with Crippen molar-refractivity contribution in [3.63, 3.8) is 0 Å². The molecule has 1 heterocycles. The SMILES string of the molecule is CCC(CC)CC(O)C1CCNCC1.